The fourth-order valence-corrected chi connectivity index (χ4v) is 6.38. The van der Waals surface area contributed by atoms with Crippen LogP contribution < -0.4 is 0 Å². The number of rotatable bonds is 5. The molecule has 4 rings (SSSR count). The quantitative estimate of drug-likeness (QED) is 0.505. The average molecular weight is 394 g/mol. The molecule has 0 unspecified atom stereocenters. The van der Waals surface area contributed by atoms with Crippen molar-refractivity contribution in [1.82, 2.24) is 3.97 Å². The Labute approximate surface area is 167 Å². The van der Waals surface area contributed by atoms with Crippen LogP contribution in [0, 0.1) is 6.92 Å². The molecule has 0 amide bonds. The molecule has 0 saturated heterocycles. The van der Waals surface area contributed by atoms with Gasteiger partial charge < -0.3 is 0 Å². The highest BCUT2D eigenvalue weighted by Gasteiger charge is 2.33. The van der Waals surface area contributed by atoms with Crippen molar-refractivity contribution in [2.75, 3.05) is 0 Å². The second-order valence-corrected chi connectivity index (χ2v) is 9.80. The molecule has 1 aliphatic rings. The molecule has 1 aromatic heterocycles. The third-order valence-corrected chi connectivity index (χ3v) is 7.86. The van der Waals surface area contributed by atoms with Crippen molar-refractivity contribution in [2.45, 2.75) is 56.8 Å². The van der Waals surface area contributed by atoms with Crippen LogP contribution in [0.2, 0.25) is 0 Å². The zero-order chi connectivity index (χ0) is 20.1. The van der Waals surface area contributed by atoms with Gasteiger partial charge in [0.2, 0.25) is 0 Å². The van der Waals surface area contributed by atoms with Crippen LogP contribution in [-0.4, -0.2) is 12.4 Å². The first-order valence-electron chi connectivity index (χ1n) is 9.95. The first-order valence-corrected chi connectivity index (χ1v) is 11.4. The Balaban J connectivity index is 2.08. The van der Waals surface area contributed by atoms with Gasteiger partial charge in [0.15, 0.2) is 0 Å². The lowest BCUT2D eigenvalue weighted by Gasteiger charge is -2.19. The molecule has 1 aliphatic carbocycles. The molecule has 28 heavy (non-hydrogen) atoms. The monoisotopic (exact) mass is 393 g/mol. The van der Waals surface area contributed by atoms with E-state index < -0.39 is 10.0 Å². The molecule has 2 atom stereocenters. The van der Waals surface area contributed by atoms with E-state index in [0.717, 1.165) is 30.2 Å². The smallest absolute Gasteiger partial charge is 0.241 e. The van der Waals surface area contributed by atoms with Crippen molar-refractivity contribution in [3.63, 3.8) is 0 Å². The summed E-state index contributed by atoms with van der Waals surface area (Å²) in [5, 5.41) is 1.07. The van der Waals surface area contributed by atoms with Crippen LogP contribution in [-0.2, 0) is 16.4 Å². The Kier molecular flexibility index (Phi) is 4.70. The third-order valence-electron chi connectivity index (χ3n) is 6.17. The van der Waals surface area contributed by atoms with E-state index in [-0.39, 0.29) is 0 Å². The number of allylic oxidation sites excluding steroid dienone is 1. The van der Waals surface area contributed by atoms with Gasteiger partial charge in [0.05, 0.1) is 10.4 Å². The summed E-state index contributed by atoms with van der Waals surface area (Å²) in [4.78, 5) is 0.327. The maximum Gasteiger partial charge on any atom is 0.268 e. The second-order valence-electron chi connectivity index (χ2n) is 7.99. The lowest BCUT2D eigenvalue weighted by Crippen LogP contribution is -2.13. The topological polar surface area (TPSA) is 39.1 Å². The SMILES string of the molecule is C=CCCc1c(C)c2c(c3c1ccn3S(=O)(=O)c1ccccc1)[C@H](C)C[C@H]2C. The van der Waals surface area contributed by atoms with Crippen LogP contribution in [0.25, 0.3) is 10.9 Å². The molecule has 3 nitrogen and oxygen atoms in total. The summed E-state index contributed by atoms with van der Waals surface area (Å²) in [7, 11) is -3.64. The normalized spacial score (nSPS) is 19.1. The van der Waals surface area contributed by atoms with E-state index in [2.05, 4.69) is 27.4 Å². The van der Waals surface area contributed by atoms with Gasteiger partial charge >= 0.3 is 0 Å². The van der Waals surface area contributed by atoms with E-state index >= 15 is 0 Å². The highest BCUT2D eigenvalue weighted by molar-refractivity contribution is 7.90. The molecule has 1 heterocycles. The number of fused-ring (bicyclic) bond motifs is 3. The number of aromatic nitrogens is 1. The molecule has 0 saturated carbocycles. The van der Waals surface area contributed by atoms with E-state index in [1.807, 2.05) is 18.2 Å². The van der Waals surface area contributed by atoms with Crippen molar-refractivity contribution < 1.29 is 8.42 Å². The van der Waals surface area contributed by atoms with E-state index in [9.17, 15) is 8.42 Å². The van der Waals surface area contributed by atoms with Crippen molar-refractivity contribution >= 4 is 20.9 Å². The standard InChI is InChI=1S/C24H27NO2S/c1-5-6-12-20-18(4)22-16(2)15-17(3)23(22)24-21(20)13-14-25(24)28(26,27)19-10-8-7-9-11-19/h5,7-11,13-14,16-17H,1,6,12,15H2,2-4H3/t16-,17-/m1/s1. The minimum atomic E-state index is -3.64. The summed E-state index contributed by atoms with van der Waals surface area (Å²) < 4.78 is 28.4. The van der Waals surface area contributed by atoms with Gasteiger partial charge in [-0.3, -0.25) is 0 Å². The highest BCUT2D eigenvalue weighted by atomic mass is 32.2. The Bertz CT molecular complexity index is 1160. The Morgan fingerprint density at radius 1 is 1.11 bits per heavy atom. The van der Waals surface area contributed by atoms with Crippen molar-refractivity contribution in [1.29, 1.82) is 0 Å². The lowest BCUT2D eigenvalue weighted by atomic mass is 9.88. The zero-order valence-corrected chi connectivity index (χ0v) is 17.6. The minimum Gasteiger partial charge on any atom is -0.241 e. The van der Waals surface area contributed by atoms with Gasteiger partial charge in [-0.25, -0.2) is 12.4 Å². The van der Waals surface area contributed by atoms with Gasteiger partial charge in [0, 0.05) is 11.6 Å². The summed E-state index contributed by atoms with van der Waals surface area (Å²) in [6, 6.07) is 10.7. The summed E-state index contributed by atoms with van der Waals surface area (Å²) in [5.41, 5.74) is 6.03. The molecule has 146 valence electrons. The van der Waals surface area contributed by atoms with Gasteiger partial charge in [0.25, 0.3) is 10.0 Å². The van der Waals surface area contributed by atoms with Gasteiger partial charge in [-0.05, 0) is 78.5 Å². The Hall–Kier alpha value is -2.33. The van der Waals surface area contributed by atoms with Crippen LogP contribution in [0.15, 0.2) is 60.1 Å². The first-order chi connectivity index (χ1) is 13.4. The summed E-state index contributed by atoms with van der Waals surface area (Å²) in [6.45, 7) is 10.6. The minimum absolute atomic E-state index is 0.327. The number of benzene rings is 2. The molecule has 0 bridgehead atoms. The fraction of sp³-hybridized carbons (Fsp3) is 0.333. The highest BCUT2D eigenvalue weighted by Crippen LogP contribution is 2.48. The number of hydrogen-bond donors (Lipinski definition) is 0. The predicted octanol–water partition coefficient (Wildman–Crippen LogP) is 5.92. The fourth-order valence-electron chi connectivity index (χ4n) is 4.99. The molecule has 0 aliphatic heterocycles. The van der Waals surface area contributed by atoms with Crippen LogP contribution in [0.3, 0.4) is 0 Å². The zero-order valence-electron chi connectivity index (χ0n) is 16.8. The number of nitrogens with zero attached hydrogens (tertiary/aromatic N) is 1. The van der Waals surface area contributed by atoms with Gasteiger partial charge in [-0.1, -0.05) is 38.1 Å². The average Bonchev–Trinajstić information content (AvgIpc) is 3.24. The summed E-state index contributed by atoms with van der Waals surface area (Å²) in [6.07, 6.45) is 6.50. The molecule has 0 fully saturated rings. The van der Waals surface area contributed by atoms with E-state index in [4.69, 9.17) is 0 Å². The largest absolute Gasteiger partial charge is 0.268 e. The molecule has 0 radical (unpaired) electrons. The van der Waals surface area contributed by atoms with Gasteiger partial charge in [0.1, 0.15) is 0 Å². The van der Waals surface area contributed by atoms with E-state index in [1.54, 1.807) is 30.5 Å². The van der Waals surface area contributed by atoms with Crippen molar-refractivity contribution in [2.24, 2.45) is 0 Å². The number of aryl methyl sites for hydroxylation is 1. The van der Waals surface area contributed by atoms with Gasteiger partial charge in [-0.2, -0.15) is 0 Å². The molecule has 2 aromatic carbocycles. The third kappa shape index (κ3) is 2.74. The Morgan fingerprint density at radius 2 is 1.79 bits per heavy atom. The Morgan fingerprint density at radius 3 is 2.46 bits per heavy atom. The van der Waals surface area contributed by atoms with E-state index in [1.165, 1.54) is 26.2 Å². The lowest BCUT2D eigenvalue weighted by molar-refractivity contribution is 0.589. The first kappa shape index (κ1) is 19.0. The predicted molar refractivity (Wildman–Crippen MR) is 116 cm³/mol. The summed E-state index contributed by atoms with van der Waals surface area (Å²) >= 11 is 0. The van der Waals surface area contributed by atoms with Crippen LogP contribution >= 0.6 is 0 Å². The van der Waals surface area contributed by atoms with Crippen LogP contribution in [0.4, 0.5) is 0 Å². The van der Waals surface area contributed by atoms with Crippen LogP contribution in [0.5, 0.6) is 0 Å². The molecule has 0 N–H and O–H groups in total. The van der Waals surface area contributed by atoms with Crippen LogP contribution in [0.1, 0.15) is 60.8 Å². The molecule has 0 spiro atoms. The molecular formula is C24H27NO2S. The van der Waals surface area contributed by atoms with Gasteiger partial charge in [-0.15, -0.1) is 6.58 Å². The van der Waals surface area contributed by atoms with Crippen molar-refractivity contribution in [3.8, 4) is 0 Å². The van der Waals surface area contributed by atoms with E-state index in [0.29, 0.717) is 16.7 Å². The maximum atomic E-state index is 13.5. The molecule has 3 aromatic rings. The summed E-state index contributed by atoms with van der Waals surface area (Å²) in [5.74, 6) is 0.791. The second kappa shape index (κ2) is 6.93. The molecule has 4 heteroatoms. The molecular weight excluding hydrogens is 366 g/mol. The number of hydrogen-bond acceptors (Lipinski definition) is 2. The maximum absolute atomic E-state index is 13.5. The van der Waals surface area contributed by atoms with Crippen molar-refractivity contribution in [3.05, 3.63) is 77.5 Å².